The van der Waals surface area contributed by atoms with Crippen molar-refractivity contribution in [2.24, 2.45) is 0 Å². The van der Waals surface area contributed by atoms with Crippen LogP contribution in [-0.2, 0) is 9.53 Å². The molecule has 3 aromatic rings. The number of amides is 1. The molecule has 34 heavy (non-hydrogen) atoms. The lowest BCUT2D eigenvalue weighted by atomic mass is 10.0. The van der Waals surface area contributed by atoms with Crippen molar-refractivity contribution < 1.29 is 41.8 Å². The summed E-state index contributed by atoms with van der Waals surface area (Å²) in [5.41, 5.74) is -2.09. The Bertz CT molecular complexity index is 1290. The molecule has 0 bridgehead atoms. The van der Waals surface area contributed by atoms with Gasteiger partial charge in [0.2, 0.25) is 0 Å². The van der Waals surface area contributed by atoms with E-state index in [1.807, 2.05) is 0 Å². The van der Waals surface area contributed by atoms with Crippen LogP contribution in [0.25, 0.3) is 22.1 Å². The lowest BCUT2D eigenvalue weighted by Gasteiger charge is -2.19. The highest BCUT2D eigenvalue weighted by Gasteiger charge is 2.31. The van der Waals surface area contributed by atoms with E-state index >= 15 is 0 Å². The molecule has 0 atom stereocenters. The van der Waals surface area contributed by atoms with Gasteiger partial charge < -0.3 is 24.3 Å². The Balaban J connectivity index is 1.93. The summed E-state index contributed by atoms with van der Waals surface area (Å²) in [6.07, 6.45) is -4.85. The van der Waals surface area contributed by atoms with E-state index in [-0.39, 0.29) is 16.5 Å². The summed E-state index contributed by atoms with van der Waals surface area (Å²) >= 11 is 0. The number of aromatic hydroxyl groups is 1. The van der Waals surface area contributed by atoms with Crippen molar-refractivity contribution in [3.63, 3.8) is 0 Å². The number of para-hydroxylation sites is 1. The Morgan fingerprint density at radius 2 is 1.71 bits per heavy atom. The molecule has 0 spiro atoms. The second-order valence-corrected chi connectivity index (χ2v) is 8.14. The van der Waals surface area contributed by atoms with E-state index in [1.165, 1.54) is 30.3 Å². The third-order valence-corrected chi connectivity index (χ3v) is 4.35. The van der Waals surface area contributed by atoms with Crippen LogP contribution in [0.2, 0.25) is 0 Å². The maximum atomic E-state index is 12.5. The molecule has 1 aromatic heterocycles. The molecule has 2 N–H and O–H groups in total. The van der Waals surface area contributed by atoms with Crippen LogP contribution in [0.5, 0.6) is 11.5 Å². The fourth-order valence-electron chi connectivity index (χ4n) is 3.09. The van der Waals surface area contributed by atoms with Gasteiger partial charge in [-0.25, -0.2) is 4.79 Å². The zero-order valence-electron chi connectivity index (χ0n) is 18.3. The molecule has 180 valence electrons. The Morgan fingerprint density at radius 1 is 1.06 bits per heavy atom. The average molecular weight is 479 g/mol. The van der Waals surface area contributed by atoms with Crippen LogP contribution in [0.15, 0.2) is 51.7 Å². The Morgan fingerprint density at radius 3 is 2.29 bits per heavy atom. The van der Waals surface area contributed by atoms with Gasteiger partial charge in [0.25, 0.3) is 5.91 Å². The number of alkyl halides is 3. The molecule has 0 aliphatic rings. The van der Waals surface area contributed by atoms with Gasteiger partial charge >= 0.3 is 18.0 Å². The highest BCUT2D eigenvalue weighted by atomic mass is 19.4. The van der Waals surface area contributed by atoms with Gasteiger partial charge in [-0.1, -0.05) is 24.3 Å². The van der Waals surface area contributed by atoms with Gasteiger partial charge in [-0.05, 0) is 44.5 Å². The SMILES string of the molecule is CC(C)(C)OC(=O)CNC(=O)c1c(O)c2cccc(-c3ccc(OC(F)(F)F)cc3)c2oc1=O. The van der Waals surface area contributed by atoms with Gasteiger partial charge in [0, 0.05) is 5.56 Å². The van der Waals surface area contributed by atoms with E-state index in [1.54, 1.807) is 20.8 Å². The summed E-state index contributed by atoms with van der Waals surface area (Å²) in [6.45, 7) is 4.39. The van der Waals surface area contributed by atoms with Crippen molar-refractivity contribution >= 4 is 22.8 Å². The van der Waals surface area contributed by atoms with Crippen LogP contribution in [0.3, 0.4) is 0 Å². The van der Waals surface area contributed by atoms with Crippen LogP contribution < -0.4 is 15.7 Å². The first-order chi connectivity index (χ1) is 15.7. The van der Waals surface area contributed by atoms with Gasteiger partial charge in [0.15, 0.2) is 5.56 Å². The quantitative estimate of drug-likeness (QED) is 0.418. The van der Waals surface area contributed by atoms with Crippen molar-refractivity contribution in [3.8, 4) is 22.6 Å². The number of rotatable bonds is 5. The minimum Gasteiger partial charge on any atom is -0.506 e. The predicted octanol–water partition coefficient (Wildman–Crippen LogP) is 4.14. The Labute approximate surface area is 190 Å². The van der Waals surface area contributed by atoms with Gasteiger partial charge in [0.1, 0.15) is 29.2 Å². The maximum Gasteiger partial charge on any atom is 0.573 e. The second-order valence-electron chi connectivity index (χ2n) is 8.14. The van der Waals surface area contributed by atoms with Crippen molar-refractivity contribution in [1.29, 1.82) is 0 Å². The number of halogens is 3. The number of fused-ring (bicyclic) bond motifs is 1. The molecule has 1 heterocycles. The standard InChI is InChI=1S/C23H20F3NO7/c1-22(2,3)34-16(28)11-27-20(30)17-18(29)15-6-4-5-14(19(15)32-21(17)31)12-7-9-13(10-8-12)33-23(24,25)26/h4-10,29H,11H2,1-3H3,(H,27,30). The first-order valence-electron chi connectivity index (χ1n) is 9.90. The number of hydrogen-bond donors (Lipinski definition) is 2. The molecule has 1 amide bonds. The lowest BCUT2D eigenvalue weighted by molar-refractivity contribution is -0.274. The predicted molar refractivity (Wildman–Crippen MR) is 114 cm³/mol. The molecule has 0 saturated heterocycles. The summed E-state index contributed by atoms with van der Waals surface area (Å²) in [4.78, 5) is 36.8. The molecule has 0 saturated carbocycles. The third-order valence-electron chi connectivity index (χ3n) is 4.35. The first kappa shape index (κ1) is 24.6. The number of benzene rings is 2. The molecule has 8 nitrogen and oxygen atoms in total. The van der Waals surface area contributed by atoms with Crippen LogP contribution in [0, 0.1) is 0 Å². The molecular formula is C23H20F3NO7. The highest BCUT2D eigenvalue weighted by Crippen LogP contribution is 2.34. The van der Waals surface area contributed by atoms with Crippen molar-refractivity contribution in [2.45, 2.75) is 32.7 Å². The normalized spacial score (nSPS) is 11.8. The van der Waals surface area contributed by atoms with E-state index in [0.717, 1.165) is 12.1 Å². The largest absolute Gasteiger partial charge is 0.573 e. The number of hydrogen-bond acceptors (Lipinski definition) is 7. The number of carbonyl (C=O) groups is 2. The summed E-state index contributed by atoms with van der Waals surface area (Å²) in [5.74, 6) is -2.90. The van der Waals surface area contributed by atoms with E-state index in [4.69, 9.17) is 9.15 Å². The highest BCUT2D eigenvalue weighted by molar-refractivity contribution is 6.04. The molecule has 0 aliphatic heterocycles. The van der Waals surface area contributed by atoms with Gasteiger partial charge in [-0.15, -0.1) is 13.2 Å². The fourth-order valence-corrected chi connectivity index (χ4v) is 3.09. The summed E-state index contributed by atoms with van der Waals surface area (Å²) < 4.78 is 51.3. The van der Waals surface area contributed by atoms with Crippen molar-refractivity contribution in [3.05, 3.63) is 58.4 Å². The second kappa shape index (κ2) is 9.08. The molecule has 3 rings (SSSR count). The molecule has 0 unspecified atom stereocenters. The maximum absolute atomic E-state index is 12.5. The van der Waals surface area contributed by atoms with Crippen LogP contribution in [0.4, 0.5) is 13.2 Å². The first-order valence-corrected chi connectivity index (χ1v) is 9.90. The smallest absolute Gasteiger partial charge is 0.506 e. The molecule has 0 radical (unpaired) electrons. The third kappa shape index (κ3) is 5.85. The lowest BCUT2D eigenvalue weighted by Crippen LogP contribution is -2.36. The summed E-state index contributed by atoms with van der Waals surface area (Å²) in [6, 6.07) is 9.20. The minimum absolute atomic E-state index is 0.00939. The molecular weight excluding hydrogens is 459 g/mol. The monoisotopic (exact) mass is 479 g/mol. The van der Waals surface area contributed by atoms with Crippen LogP contribution in [0.1, 0.15) is 31.1 Å². The number of esters is 1. The van der Waals surface area contributed by atoms with Crippen LogP contribution >= 0.6 is 0 Å². The molecule has 0 aliphatic carbocycles. The Hall–Kier alpha value is -4.02. The minimum atomic E-state index is -4.85. The van der Waals surface area contributed by atoms with E-state index < -0.39 is 53.1 Å². The number of nitrogens with one attached hydrogen (secondary N) is 1. The van der Waals surface area contributed by atoms with Crippen molar-refractivity contribution in [1.82, 2.24) is 5.32 Å². The fraction of sp³-hybridized carbons (Fsp3) is 0.261. The summed E-state index contributed by atoms with van der Waals surface area (Å²) in [7, 11) is 0. The topological polar surface area (TPSA) is 115 Å². The average Bonchev–Trinajstić information content (AvgIpc) is 2.70. The molecule has 2 aromatic carbocycles. The van der Waals surface area contributed by atoms with Gasteiger partial charge in [-0.3, -0.25) is 9.59 Å². The molecule has 0 fully saturated rings. The molecule has 11 heteroatoms. The van der Waals surface area contributed by atoms with Crippen LogP contribution in [-0.4, -0.2) is 35.5 Å². The van der Waals surface area contributed by atoms with Crippen molar-refractivity contribution in [2.75, 3.05) is 6.54 Å². The zero-order valence-corrected chi connectivity index (χ0v) is 18.3. The van der Waals surface area contributed by atoms with E-state index in [9.17, 15) is 32.7 Å². The number of carbonyl (C=O) groups excluding carboxylic acids is 2. The van der Waals surface area contributed by atoms with Gasteiger partial charge in [-0.2, -0.15) is 0 Å². The van der Waals surface area contributed by atoms with Gasteiger partial charge in [0.05, 0.1) is 5.39 Å². The summed E-state index contributed by atoms with van der Waals surface area (Å²) in [5, 5.41) is 12.8. The van der Waals surface area contributed by atoms with E-state index in [0.29, 0.717) is 5.56 Å². The number of ether oxygens (including phenoxy) is 2. The zero-order chi connectivity index (χ0) is 25.3. The Kier molecular flexibility index (Phi) is 6.58. The van der Waals surface area contributed by atoms with E-state index in [2.05, 4.69) is 10.1 Å².